The Morgan fingerprint density at radius 2 is 2.04 bits per heavy atom. The predicted molar refractivity (Wildman–Crippen MR) is 108 cm³/mol. The van der Waals surface area contributed by atoms with Gasteiger partial charge in [0, 0.05) is 17.0 Å². The van der Waals surface area contributed by atoms with Crippen LogP contribution in [0.3, 0.4) is 0 Å². The number of nitrogens with zero attached hydrogens (tertiary/aromatic N) is 3. The number of oxazole rings is 1. The second-order valence-electron chi connectivity index (χ2n) is 6.83. The number of hydrogen-bond donors (Lipinski definition) is 1. The molecule has 1 aliphatic rings. The molecule has 1 aliphatic heterocycles. The summed E-state index contributed by atoms with van der Waals surface area (Å²) in [6, 6.07) is 14.7. The molecule has 138 valence electrons. The van der Waals surface area contributed by atoms with Crippen molar-refractivity contribution in [2.75, 3.05) is 25.0 Å². The first kappa shape index (κ1) is 17.8. The van der Waals surface area contributed by atoms with E-state index in [1.54, 1.807) is 11.3 Å². The third-order valence-corrected chi connectivity index (χ3v) is 5.91. The second kappa shape index (κ2) is 7.95. The molecule has 3 heterocycles. The number of nitrogens with one attached hydrogen (secondary N) is 1. The number of thiophene rings is 1. The first-order valence-electron chi connectivity index (χ1n) is 9.24. The first-order chi connectivity index (χ1) is 13.2. The monoisotopic (exact) mass is 378 g/mol. The van der Waals surface area contributed by atoms with Gasteiger partial charge in [0.25, 0.3) is 0 Å². The largest absolute Gasteiger partial charge is 0.419 e. The topological polar surface area (TPSA) is 65.1 Å². The molecule has 6 heteroatoms. The second-order valence-corrected chi connectivity index (χ2v) is 7.81. The van der Waals surface area contributed by atoms with Gasteiger partial charge < -0.3 is 9.73 Å². The van der Waals surface area contributed by atoms with Gasteiger partial charge in [-0.2, -0.15) is 10.2 Å². The lowest BCUT2D eigenvalue weighted by atomic mass is 10.1. The molecule has 1 atom stereocenters. The van der Waals surface area contributed by atoms with Gasteiger partial charge in [-0.15, -0.1) is 11.3 Å². The van der Waals surface area contributed by atoms with E-state index in [0.717, 1.165) is 18.7 Å². The maximum absolute atomic E-state index is 9.46. The summed E-state index contributed by atoms with van der Waals surface area (Å²) in [6.07, 6.45) is 2.48. The normalized spacial score (nSPS) is 15.6. The molecule has 27 heavy (non-hydrogen) atoms. The van der Waals surface area contributed by atoms with Gasteiger partial charge in [-0.1, -0.05) is 23.8 Å². The molecule has 5 nitrogen and oxygen atoms in total. The zero-order valence-electron chi connectivity index (χ0n) is 15.3. The van der Waals surface area contributed by atoms with Crippen LogP contribution < -0.4 is 5.32 Å². The van der Waals surface area contributed by atoms with Crippen molar-refractivity contribution in [3.63, 3.8) is 0 Å². The smallest absolute Gasteiger partial charge is 0.232 e. The third-order valence-electron chi connectivity index (χ3n) is 4.94. The van der Waals surface area contributed by atoms with Crippen LogP contribution in [0.25, 0.3) is 11.5 Å². The molecule has 1 N–H and O–H groups in total. The number of anilines is 1. The molecular formula is C21H22N4OS. The summed E-state index contributed by atoms with van der Waals surface area (Å²) in [7, 11) is 0. The molecule has 0 bridgehead atoms. The quantitative estimate of drug-likeness (QED) is 0.665. The van der Waals surface area contributed by atoms with E-state index < -0.39 is 0 Å². The molecule has 2 aromatic heterocycles. The van der Waals surface area contributed by atoms with Crippen LogP contribution in [0.5, 0.6) is 0 Å². The van der Waals surface area contributed by atoms with E-state index in [9.17, 15) is 5.26 Å². The molecule has 0 radical (unpaired) electrons. The van der Waals surface area contributed by atoms with Crippen molar-refractivity contribution in [2.45, 2.75) is 25.8 Å². The lowest BCUT2D eigenvalue weighted by Gasteiger charge is -2.26. The molecule has 0 spiro atoms. The van der Waals surface area contributed by atoms with E-state index >= 15 is 0 Å². The minimum Gasteiger partial charge on any atom is -0.419 e. The Morgan fingerprint density at radius 3 is 2.70 bits per heavy atom. The van der Waals surface area contributed by atoms with Crippen LogP contribution in [-0.2, 0) is 0 Å². The van der Waals surface area contributed by atoms with Crippen molar-refractivity contribution in [3.05, 3.63) is 57.9 Å². The fourth-order valence-electron chi connectivity index (χ4n) is 3.47. The Hall–Kier alpha value is -2.62. The Kier molecular flexibility index (Phi) is 5.23. The fourth-order valence-corrected chi connectivity index (χ4v) is 4.33. The standard InChI is InChI=1S/C21H22N4OS/c1-15-6-8-16(9-7-15)20-24-17(13-22)21(26-20)23-14-18(19-5-4-12-27-19)25-10-2-3-11-25/h4-9,12,18,23H,2-3,10-11,14H2,1H3/t18-/m0/s1. The van der Waals surface area contributed by atoms with Gasteiger partial charge in [0.15, 0.2) is 0 Å². The molecule has 3 aromatic rings. The van der Waals surface area contributed by atoms with Crippen molar-refractivity contribution in [1.29, 1.82) is 5.26 Å². The zero-order valence-corrected chi connectivity index (χ0v) is 16.1. The van der Waals surface area contributed by atoms with Gasteiger partial charge in [0.1, 0.15) is 6.07 Å². The summed E-state index contributed by atoms with van der Waals surface area (Å²) in [5, 5.41) is 14.9. The van der Waals surface area contributed by atoms with Gasteiger partial charge in [0.2, 0.25) is 17.5 Å². The van der Waals surface area contributed by atoms with E-state index in [-0.39, 0.29) is 6.04 Å². The number of aromatic nitrogens is 1. The van der Waals surface area contributed by atoms with Crippen molar-refractivity contribution in [2.24, 2.45) is 0 Å². The van der Waals surface area contributed by atoms with Crippen LogP contribution in [0.4, 0.5) is 5.88 Å². The molecule has 1 saturated heterocycles. The summed E-state index contributed by atoms with van der Waals surface area (Å²) in [5.74, 6) is 0.928. The van der Waals surface area contributed by atoms with E-state index in [4.69, 9.17) is 4.42 Å². The maximum Gasteiger partial charge on any atom is 0.232 e. The highest BCUT2D eigenvalue weighted by Gasteiger charge is 2.25. The first-order valence-corrected chi connectivity index (χ1v) is 10.1. The molecule has 0 aliphatic carbocycles. The van der Waals surface area contributed by atoms with Crippen molar-refractivity contribution in [1.82, 2.24) is 9.88 Å². The van der Waals surface area contributed by atoms with E-state index in [2.05, 4.69) is 38.8 Å². The zero-order chi connectivity index (χ0) is 18.6. The van der Waals surface area contributed by atoms with Crippen LogP contribution in [0.1, 0.15) is 35.0 Å². The molecule has 0 amide bonds. The average molecular weight is 379 g/mol. The van der Waals surface area contributed by atoms with Gasteiger partial charge in [-0.05, 0) is 56.4 Å². The number of likely N-dealkylation sites (tertiary alicyclic amines) is 1. The van der Waals surface area contributed by atoms with Gasteiger partial charge in [-0.25, -0.2) is 0 Å². The molecule has 1 fully saturated rings. The average Bonchev–Trinajstić information content (AvgIpc) is 3.45. The number of nitriles is 1. The molecular weight excluding hydrogens is 356 g/mol. The lowest BCUT2D eigenvalue weighted by molar-refractivity contribution is 0.258. The summed E-state index contributed by atoms with van der Waals surface area (Å²) < 4.78 is 5.90. The van der Waals surface area contributed by atoms with Crippen LogP contribution in [-0.4, -0.2) is 29.5 Å². The summed E-state index contributed by atoms with van der Waals surface area (Å²) in [6.45, 7) is 4.95. The Morgan fingerprint density at radius 1 is 1.26 bits per heavy atom. The fraction of sp³-hybridized carbons (Fsp3) is 0.333. The van der Waals surface area contributed by atoms with E-state index in [1.165, 1.54) is 23.3 Å². The minimum absolute atomic E-state index is 0.284. The summed E-state index contributed by atoms with van der Waals surface area (Å²) >= 11 is 1.77. The SMILES string of the molecule is Cc1ccc(-c2nc(C#N)c(NC[C@@H](c3cccs3)N3CCCC3)o2)cc1. The van der Waals surface area contributed by atoms with Crippen molar-refractivity contribution < 1.29 is 4.42 Å². The van der Waals surface area contributed by atoms with Gasteiger partial charge in [0.05, 0.1) is 6.04 Å². The number of benzene rings is 1. The van der Waals surface area contributed by atoms with E-state index in [1.807, 2.05) is 31.2 Å². The molecule has 4 rings (SSSR count). The molecule has 1 aromatic carbocycles. The summed E-state index contributed by atoms with van der Waals surface area (Å²) in [5.41, 5.74) is 2.35. The highest BCUT2D eigenvalue weighted by atomic mass is 32.1. The summed E-state index contributed by atoms with van der Waals surface area (Å²) in [4.78, 5) is 8.20. The number of rotatable bonds is 6. The van der Waals surface area contributed by atoms with E-state index in [0.29, 0.717) is 24.0 Å². The Balaban J connectivity index is 1.54. The third kappa shape index (κ3) is 3.90. The number of aryl methyl sites for hydroxylation is 1. The highest BCUT2D eigenvalue weighted by Crippen LogP contribution is 2.30. The molecule has 0 unspecified atom stereocenters. The number of hydrogen-bond acceptors (Lipinski definition) is 6. The van der Waals surface area contributed by atoms with Crippen molar-refractivity contribution >= 4 is 17.2 Å². The highest BCUT2D eigenvalue weighted by molar-refractivity contribution is 7.10. The van der Waals surface area contributed by atoms with Crippen LogP contribution in [0, 0.1) is 18.3 Å². The van der Waals surface area contributed by atoms with Gasteiger partial charge in [-0.3, -0.25) is 4.90 Å². The van der Waals surface area contributed by atoms with Crippen LogP contribution in [0.2, 0.25) is 0 Å². The Labute approximate surface area is 163 Å². The molecule has 0 saturated carbocycles. The van der Waals surface area contributed by atoms with Crippen LogP contribution in [0.15, 0.2) is 46.2 Å². The van der Waals surface area contributed by atoms with Crippen molar-refractivity contribution in [3.8, 4) is 17.5 Å². The predicted octanol–water partition coefficient (Wildman–Crippen LogP) is 4.83. The van der Waals surface area contributed by atoms with Crippen LogP contribution >= 0.6 is 11.3 Å². The minimum atomic E-state index is 0.284. The van der Waals surface area contributed by atoms with Gasteiger partial charge >= 0.3 is 0 Å². The Bertz CT molecular complexity index is 918. The lowest BCUT2D eigenvalue weighted by Crippen LogP contribution is -2.30. The maximum atomic E-state index is 9.46.